The van der Waals surface area contributed by atoms with Crippen LogP contribution in [0, 0.1) is 13.8 Å². The average Bonchev–Trinajstić information content (AvgIpc) is 3.49. The van der Waals surface area contributed by atoms with Crippen molar-refractivity contribution in [1.82, 2.24) is 29.1 Å². The molecule has 0 amide bonds. The maximum Gasteiger partial charge on any atom is 0.228 e. The lowest BCUT2D eigenvalue weighted by atomic mass is 10.1. The van der Waals surface area contributed by atoms with Gasteiger partial charge in [-0.1, -0.05) is 6.07 Å². The number of hydrogen-bond acceptors (Lipinski definition) is 6. The molecule has 0 radical (unpaired) electrons. The third kappa shape index (κ3) is 3.28. The molecule has 8 heteroatoms. The van der Waals surface area contributed by atoms with Crippen LogP contribution in [0.25, 0.3) is 11.3 Å². The molecule has 1 aromatic carbocycles. The van der Waals surface area contributed by atoms with E-state index >= 15 is 0 Å². The highest BCUT2D eigenvalue weighted by Gasteiger charge is 2.19. The summed E-state index contributed by atoms with van der Waals surface area (Å²) in [5.74, 6) is 2.46. The molecule has 1 saturated heterocycles. The summed E-state index contributed by atoms with van der Waals surface area (Å²) in [5, 5.41) is 4.80. The van der Waals surface area contributed by atoms with E-state index in [1.165, 1.54) is 12.8 Å². The predicted molar refractivity (Wildman–Crippen MR) is 115 cm³/mol. The van der Waals surface area contributed by atoms with E-state index in [1.807, 2.05) is 47.5 Å². The average molecular weight is 403 g/mol. The number of aromatic nitrogens is 6. The first kappa shape index (κ1) is 18.6. The number of aryl methyl sites for hydroxylation is 2. The SMILES string of the molecule is COc1cc(Cc2nc3c(C)cnc(N4CCCC4)n3n2)ccc1-n1cnc(C)c1. The quantitative estimate of drug-likeness (QED) is 0.510. The van der Waals surface area contributed by atoms with E-state index in [0.717, 1.165) is 58.8 Å². The zero-order valence-electron chi connectivity index (χ0n) is 17.5. The van der Waals surface area contributed by atoms with Gasteiger partial charge in [0, 0.05) is 37.5 Å². The number of benzene rings is 1. The molecular weight excluding hydrogens is 378 g/mol. The third-order valence-corrected chi connectivity index (χ3v) is 5.55. The van der Waals surface area contributed by atoms with Crippen LogP contribution in [0.15, 0.2) is 36.9 Å². The van der Waals surface area contributed by atoms with Gasteiger partial charge in [0.05, 0.1) is 24.8 Å². The summed E-state index contributed by atoms with van der Waals surface area (Å²) < 4.78 is 9.51. The van der Waals surface area contributed by atoms with E-state index in [2.05, 4.69) is 20.9 Å². The highest BCUT2D eigenvalue weighted by Crippen LogP contribution is 2.26. The van der Waals surface area contributed by atoms with Crippen molar-refractivity contribution in [2.24, 2.45) is 0 Å². The first-order chi connectivity index (χ1) is 14.6. The molecule has 4 aromatic rings. The van der Waals surface area contributed by atoms with Gasteiger partial charge in [0.25, 0.3) is 0 Å². The van der Waals surface area contributed by atoms with Gasteiger partial charge < -0.3 is 14.2 Å². The highest BCUT2D eigenvalue weighted by atomic mass is 16.5. The fourth-order valence-corrected chi connectivity index (χ4v) is 4.00. The molecule has 0 bridgehead atoms. The number of ether oxygens (including phenoxy) is 1. The molecule has 5 rings (SSSR count). The highest BCUT2D eigenvalue weighted by molar-refractivity contribution is 5.52. The molecule has 0 unspecified atom stereocenters. The number of rotatable bonds is 5. The van der Waals surface area contributed by atoms with Crippen LogP contribution in [0.5, 0.6) is 5.75 Å². The van der Waals surface area contributed by atoms with E-state index in [1.54, 1.807) is 13.4 Å². The number of imidazole rings is 1. The molecular formula is C22H25N7O. The monoisotopic (exact) mass is 403 g/mol. The Morgan fingerprint density at radius 1 is 1.10 bits per heavy atom. The topological polar surface area (TPSA) is 73.4 Å². The molecule has 1 aliphatic rings. The van der Waals surface area contributed by atoms with Crippen molar-refractivity contribution in [3.05, 3.63) is 59.6 Å². The number of hydrogen-bond donors (Lipinski definition) is 0. The predicted octanol–water partition coefficient (Wildman–Crippen LogP) is 3.13. The smallest absolute Gasteiger partial charge is 0.228 e. The molecule has 3 aromatic heterocycles. The number of anilines is 1. The van der Waals surface area contributed by atoms with Gasteiger partial charge in [-0.3, -0.25) is 0 Å². The minimum absolute atomic E-state index is 0.625. The van der Waals surface area contributed by atoms with Crippen molar-refractivity contribution in [1.29, 1.82) is 0 Å². The lowest BCUT2D eigenvalue weighted by molar-refractivity contribution is 0.412. The van der Waals surface area contributed by atoms with Gasteiger partial charge in [0.1, 0.15) is 5.75 Å². The number of fused-ring (bicyclic) bond motifs is 1. The fourth-order valence-electron chi connectivity index (χ4n) is 4.00. The van der Waals surface area contributed by atoms with Gasteiger partial charge in [0.15, 0.2) is 11.5 Å². The van der Waals surface area contributed by atoms with E-state index in [9.17, 15) is 0 Å². The molecule has 0 saturated carbocycles. The normalized spacial score (nSPS) is 14.0. The molecule has 0 aliphatic carbocycles. The van der Waals surface area contributed by atoms with Gasteiger partial charge in [-0.25, -0.2) is 15.0 Å². The maximum absolute atomic E-state index is 5.64. The van der Waals surface area contributed by atoms with Crippen LogP contribution in [0.4, 0.5) is 5.95 Å². The standard InChI is InChI=1S/C22H25N7O/c1-15-12-23-22(27-8-4-5-9-27)29-21(15)25-20(26-29)11-17-6-7-18(19(10-17)30-3)28-13-16(2)24-14-28/h6-7,10,12-14H,4-5,8-9,11H2,1-3H3. The molecule has 0 N–H and O–H groups in total. The first-order valence-corrected chi connectivity index (χ1v) is 10.3. The van der Waals surface area contributed by atoms with Crippen molar-refractivity contribution in [2.45, 2.75) is 33.1 Å². The minimum atomic E-state index is 0.625. The Labute approximate surface area is 175 Å². The van der Waals surface area contributed by atoms with Crippen LogP contribution in [0.1, 0.15) is 35.5 Å². The summed E-state index contributed by atoms with van der Waals surface area (Å²) in [5.41, 5.74) is 4.92. The van der Waals surface area contributed by atoms with E-state index in [-0.39, 0.29) is 0 Å². The summed E-state index contributed by atoms with van der Waals surface area (Å²) in [6.45, 7) is 6.04. The van der Waals surface area contributed by atoms with Crippen LogP contribution < -0.4 is 9.64 Å². The van der Waals surface area contributed by atoms with Crippen molar-refractivity contribution in [3.63, 3.8) is 0 Å². The van der Waals surface area contributed by atoms with E-state index in [0.29, 0.717) is 6.42 Å². The number of nitrogens with zero attached hydrogens (tertiary/aromatic N) is 7. The maximum atomic E-state index is 5.64. The Balaban J connectivity index is 1.48. The lowest BCUT2D eigenvalue weighted by Crippen LogP contribution is -2.22. The Hall–Kier alpha value is -3.42. The first-order valence-electron chi connectivity index (χ1n) is 10.3. The molecule has 1 fully saturated rings. The van der Waals surface area contributed by atoms with Gasteiger partial charge in [-0.05, 0) is 44.4 Å². The van der Waals surface area contributed by atoms with Crippen LogP contribution in [0.2, 0.25) is 0 Å². The summed E-state index contributed by atoms with van der Waals surface area (Å²) in [7, 11) is 1.69. The zero-order valence-corrected chi connectivity index (χ0v) is 17.5. The van der Waals surface area contributed by atoms with Crippen LogP contribution in [-0.2, 0) is 6.42 Å². The van der Waals surface area contributed by atoms with E-state index in [4.69, 9.17) is 14.8 Å². The Morgan fingerprint density at radius 3 is 2.67 bits per heavy atom. The zero-order chi connectivity index (χ0) is 20.7. The Morgan fingerprint density at radius 2 is 1.93 bits per heavy atom. The third-order valence-electron chi connectivity index (χ3n) is 5.55. The van der Waals surface area contributed by atoms with Crippen LogP contribution >= 0.6 is 0 Å². The van der Waals surface area contributed by atoms with Crippen molar-refractivity contribution in [3.8, 4) is 11.4 Å². The molecule has 8 nitrogen and oxygen atoms in total. The van der Waals surface area contributed by atoms with Crippen molar-refractivity contribution >= 4 is 11.6 Å². The second-order valence-corrected chi connectivity index (χ2v) is 7.80. The fraction of sp³-hybridized carbons (Fsp3) is 0.364. The Bertz CT molecular complexity index is 1200. The molecule has 4 heterocycles. The summed E-state index contributed by atoms with van der Waals surface area (Å²) in [4.78, 5) is 16.0. The lowest BCUT2D eigenvalue weighted by Gasteiger charge is -2.16. The molecule has 30 heavy (non-hydrogen) atoms. The summed E-state index contributed by atoms with van der Waals surface area (Å²) in [6, 6.07) is 6.18. The Kier molecular flexibility index (Phi) is 4.61. The summed E-state index contributed by atoms with van der Waals surface area (Å²) in [6.07, 6.45) is 8.69. The van der Waals surface area contributed by atoms with E-state index < -0.39 is 0 Å². The van der Waals surface area contributed by atoms with Crippen LogP contribution in [0.3, 0.4) is 0 Å². The second kappa shape index (κ2) is 7.44. The largest absolute Gasteiger partial charge is 0.495 e. The van der Waals surface area contributed by atoms with Gasteiger partial charge in [0.2, 0.25) is 5.95 Å². The van der Waals surface area contributed by atoms with Gasteiger partial charge in [-0.15, -0.1) is 5.10 Å². The van der Waals surface area contributed by atoms with Gasteiger partial charge >= 0.3 is 0 Å². The molecule has 0 spiro atoms. The molecule has 1 aliphatic heterocycles. The number of methoxy groups -OCH3 is 1. The summed E-state index contributed by atoms with van der Waals surface area (Å²) >= 11 is 0. The van der Waals surface area contributed by atoms with Crippen molar-refractivity contribution < 1.29 is 4.74 Å². The molecule has 154 valence electrons. The second-order valence-electron chi connectivity index (χ2n) is 7.80. The van der Waals surface area contributed by atoms with Crippen molar-refractivity contribution in [2.75, 3.05) is 25.1 Å². The molecule has 0 atom stereocenters. The minimum Gasteiger partial charge on any atom is -0.495 e. The van der Waals surface area contributed by atoms with Gasteiger partial charge in [-0.2, -0.15) is 4.52 Å². The van der Waals surface area contributed by atoms with Crippen LogP contribution in [-0.4, -0.2) is 49.3 Å².